The summed E-state index contributed by atoms with van der Waals surface area (Å²) < 4.78 is 5.01. The largest absolute Gasteiger partial charge is 0.462 e. The van der Waals surface area contributed by atoms with Crippen molar-refractivity contribution < 1.29 is 9.53 Å². The van der Waals surface area contributed by atoms with Gasteiger partial charge in [0.15, 0.2) is 0 Å². The minimum atomic E-state index is -0.356. The smallest absolute Gasteiger partial charge is 0.349 e. The second-order valence-electron chi connectivity index (χ2n) is 6.20. The van der Waals surface area contributed by atoms with Crippen LogP contribution in [0.15, 0.2) is 24.4 Å². The van der Waals surface area contributed by atoms with E-state index >= 15 is 0 Å². The van der Waals surface area contributed by atoms with Gasteiger partial charge in [0, 0.05) is 22.2 Å². The number of fused-ring (bicyclic) bond motifs is 1. The van der Waals surface area contributed by atoms with Gasteiger partial charge in [0.25, 0.3) is 0 Å². The van der Waals surface area contributed by atoms with Crippen LogP contribution in [0.25, 0.3) is 21.5 Å². The lowest BCUT2D eigenvalue weighted by atomic mass is 10.0. The topological polar surface area (TPSA) is 78.8 Å². The van der Waals surface area contributed by atoms with Gasteiger partial charge in [0.2, 0.25) is 0 Å². The van der Waals surface area contributed by atoms with Crippen molar-refractivity contribution in [2.75, 3.05) is 6.61 Å². The molecule has 128 valence electrons. The van der Waals surface area contributed by atoms with Crippen LogP contribution in [0.4, 0.5) is 0 Å². The summed E-state index contributed by atoms with van der Waals surface area (Å²) in [5, 5.41) is 11.2. The van der Waals surface area contributed by atoms with Crippen LogP contribution >= 0.6 is 11.3 Å². The van der Waals surface area contributed by atoms with Crippen LogP contribution in [0.3, 0.4) is 0 Å². The van der Waals surface area contributed by atoms with E-state index in [1.165, 1.54) is 17.5 Å². The fraction of sp³-hybridized carbons (Fsp3) is 0.316. The van der Waals surface area contributed by atoms with Crippen molar-refractivity contribution in [1.82, 2.24) is 9.97 Å². The first kappa shape index (κ1) is 17.2. The molecule has 5 nitrogen and oxygen atoms in total. The van der Waals surface area contributed by atoms with E-state index in [4.69, 9.17) is 4.74 Å². The first-order chi connectivity index (χ1) is 12.0. The van der Waals surface area contributed by atoms with Crippen LogP contribution in [-0.2, 0) is 11.2 Å². The molecule has 0 amide bonds. The molecule has 0 atom stereocenters. The number of hydrogen-bond acceptors (Lipinski definition) is 5. The number of carbonyl (C=O) groups is 1. The Morgan fingerprint density at radius 1 is 1.44 bits per heavy atom. The summed E-state index contributed by atoms with van der Waals surface area (Å²) in [5.74, 6) is 0.108. The summed E-state index contributed by atoms with van der Waals surface area (Å²) in [5.41, 5.74) is 3.49. The number of nitriles is 1. The monoisotopic (exact) mass is 353 g/mol. The molecule has 0 aliphatic heterocycles. The average molecular weight is 353 g/mol. The van der Waals surface area contributed by atoms with Crippen molar-refractivity contribution >= 4 is 28.2 Å². The van der Waals surface area contributed by atoms with Gasteiger partial charge in [-0.1, -0.05) is 13.8 Å². The number of rotatable bonds is 5. The molecule has 0 spiro atoms. The van der Waals surface area contributed by atoms with Gasteiger partial charge in [-0.05, 0) is 37.5 Å². The SMILES string of the molecule is CCOC(=O)c1cnc(-c2ccc3[nH]c(CC(C)C)c(C#N)c3c2)s1. The third kappa shape index (κ3) is 3.42. The van der Waals surface area contributed by atoms with Gasteiger partial charge in [-0.25, -0.2) is 9.78 Å². The molecule has 3 rings (SSSR count). The van der Waals surface area contributed by atoms with Crippen molar-refractivity contribution in [3.8, 4) is 16.6 Å². The number of esters is 1. The first-order valence-corrected chi connectivity index (χ1v) is 9.03. The summed E-state index contributed by atoms with van der Waals surface area (Å²) >= 11 is 1.29. The molecular weight excluding hydrogens is 334 g/mol. The van der Waals surface area contributed by atoms with E-state index in [1.54, 1.807) is 6.92 Å². The summed E-state index contributed by atoms with van der Waals surface area (Å²) in [6, 6.07) is 8.19. The lowest BCUT2D eigenvalue weighted by Gasteiger charge is -2.01. The quantitative estimate of drug-likeness (QED) is 0.683. The maximum Gasteiger partial charge on any atom is 0.349 e. The number of thiazole rings is 1. The lowest BCUT2D eigenvalue weighted by molar-refractivity contribution is 0.0532. The van der Waals surface area contributed by atoms with E-state index < -0.39 is 0 Å². The highest BCUT2D eigenvalue weighted by molar-refractivity contribution is 7.16. The fourth-order valence-electron chi connectivity index (χ4n) is 2.77. The molecule has 0 unspecified atom stereocenters. The zero-order valence-electron chi connectivity index (χ0n) is 14.4. The Balaban J connectivity index is 2.01. The molecule has 0 fully saturated rings. The predicted octanol–water partition coefficient (Wildman–Crippen LogP) is 4.54. The highest BCUT2D eigenvalue weighted by atomic mass is 32.1. The summed E-state index contributed by atoms with van der Waals surface area (Å²) in [6.07, 6.45) is 2.37. The molecule has 1 aromatic carbocycles. The van der Waals surface area contributed by atoms with Crippen LogP contribution in [0.1, 0.15) is 41.7 Å². The minimum Gasteiger partial charge on any atom is -0.462 e. The Bertz CT molecular complexity index is 963. The van der Waals surface area contributed by atoms with Crippen LogP contribution in [0, 0.1) is 17.2 Å². The van der Waals surface area contributed by atoms with Crippen molar-refractivity contribution in [2.45, 2.75) is 27.2 Å². The molecule has 0 aliphatic rings. The number of benzene rings is 1. The van der Waals surface area contributed by atoms with E-state index in [0.29, 0.717) is 23.0 Å². The second kappa shape index (κ2) is 7.08. The molecule has 0 aliphatic carbocycles. The van der Waals surface area contributed by atoms with E-state index in [0.717, 1.165) is 33.6 Å². The van der Waals surface area contributed by atoms with E-state index in [-0.39, 0.29) is 5.97 Å². The number of ether oxygens (including phenoxy) is 1. The number of nitrogens with zero attached hydrogens (tertiary/aromatic N) is 2. The van der Waals surface area contributed by atoms with Crippen LogP contribution in [0.5, 0.6) is 0 Å². The number of H-pyrrole nitrogens is 1. The van der Waals surface area contributed by atoms with Gasteiger partial charge in [-0.15, -0.1) is 11.3 Å². The fourth-order valence-corrected chi connectivity index (χ4v) is 3.58. The van der Waals surface area contributed by atoms with Crippen LogP contribution in [0.2, 0.25) is 0 Å². The molecule has 1 N–H and O–H groups in total. The Morgan fingerprint density at radius 2 is 2.24 bits per heavy atom. The number of aromatic amines is 1. The van der Waals surface area contributed by atoms with E-state index in [1.807, 2.05) is 18.2 Å². The van der Waals surface area contributed by atoms with Gasteiger partial charge >= 0.3 is 5.97 Å². The van der Waals surface area contributed by atoms with Crippen molar-refractivity contribution in [1.29, 1.82) is 5.26 Å². The highest BCUT2D eigenvalue weighted by Gasteiger charge is 2.16. The van der Waals surface area contributed by atoms with Crippen LogP contribution < -0.4 is 0 Å². The van der Waals surface area contributed by atoms with E-state index in [2.05, 4.69) is 29.9 Å². The van der Waals surface area contributed by atoms with Crippen molar-refractivity contribution in [3.05, 3.63) is 40.5 Å². The maximum atomic E-state index is 11.8. The predicted molar refractivity (Wildman–Crippen MR) is 98.6 cm³/mol. The number of nitrogens with one attached hydrogen (secondary N) is 1. The zero-order chi connectivity index (χ0) is 18.0. The molecule has 0 saturated heterocycles. The summed E-state index contributed by atoms with van der Waals surface area (Å²) in [7, 11) is 0. The number of hydrogen-bond donors (Lipinski definition) is 1. The maximum absolute atomic E-state index is 11.8. The molecule has 25 heavy (non-hydrogen) atoms. The Labute approximate surface area is 150 Å². The standard InChI is InChI=1S/C19H19N3O2S/c1-4-24-19(23)17-10-21-18(25-17)12-5-6-15-13(8-12)14(9-20)16(22-15)7-11(2)3/h5-6,8,10-11,22H,4,7H2,1-3H3. The third-order valence-corrected chi connectivity index (χ3v) is 4.86. The first-order valence-electron chi connectivity index (χ1n) is 8.21. The Morgan fingerprint density at radius 3 is 2.92 bits per heavy atom. The highest BCUT2D eigenvalue weighted by Crippen LogP contribution is 2.31. The van der Waals surface area contributed by atoms with Gasteiger partial charge < -0.3 is 9.72 Å². The Kier molecular flexibility index (Phi) is 4.86. The van der Waals surface area contributed by atoms with E-state index in [9.17, 15) is 10.1 Å². The molecule has 2 aromatic heterocycles. The number of aromatic nitrogens is 2. The molecule has 2 heterocycles. The molecule has 0 bridgehead atoms. The molecule has 0 radical (unpaired) electrons. The normalized spacial score (nSPS) is 11.0. The summed E-state index contributed by atoms with van der Waals surface area (Å²) in [6.45, 7) is 6.37. The van der Waals surface area contributed by atoms with Gasteiger partial charge in [-0.2, -0.15) is 5.26 Å². The van der Waals surface area contributed by atoms with Crippen molar-refractivity contribution in [3.63, 3.8) is 0 Å². The number of carbonyl (C=O) groups excluding carboxylic acids is 1. The van der Waals surface area contributed by atoms with Crippen LogP contribution in [-0.4, -0.2) is 22.5 Å². The molecule has 0 saturated carbocycles. The lowest BCUT2D eigenvalue weighted by Crippen LogP contribution is -2.01. The van der Waals surface area contributed by atoms with Gasteiger partial charge in [0.05, 0.1) is 18.4 Å². The van der Waals surface area contributed by atoms with Crippen molar-refractivity contribution in [2.24, 2.45) is 5.92 Å². The third-order valence-electron chi connectivity index (χ3n) is 3.83. The van der Waals surface area contributed by atoms with Gasteiger partial charge in [-0.3, -0.25) is 0 Å². The molecule has 6 heteroatoms. The molecule has 3 aromatic rings. The minimum absolute atomic E-state index is 0.339. The van der Waals surface area contributed by atoms with Gasteiger partial charge in [0.1, 0.15) is 16.0 Å². The second-order valence-corrected chi connectivity index (χ2v) is 7.23. The molecular formula is C19H19N3O2S. The Hall–Kier alpha value is -2.65. The zero-order valence-corrected chi connectivity index (χ0v) is 15.2. The summed E-state index contributed by atoms with van der Waals surface area (Å²) in [4.78, 5) is 20.0. The average Bonchev–Trinajstić information content (AvgIpc) is 3.18.